The molecule has 1 aromatic rings. The SMILES string of the molecule is CNC(=O)c1cc(S(=O)(=O)NCCCN2CCC[C@@H](C)C2)ccc1OC. The molecule has 0 aliphatic carbocycles. The van der Waals surface area contributed by atoms with E-state index >= 15 is 0 Å². The van der Waals surface area contributed by atoms with E-state index in [4.69, 9.17) is 4.74 Å². The van der Waals surface area contributed by atoms with Gasteiger partial charge >= 0.3 is 0 Å². The topological polar surface area (TPSA) is 87.7 Å². The molecule has 1 aliphatic heterocycles. The van der Waals surface area contributed by atoms with Gasteiger partial charge in [0.2, 0.25) is 10.0 Å². The average molecular weight is 384 g/mol. The van der Waals surface area contributed by atoms with Crippen molar-refractivity contribution in [2.75, 3.05) is 40.3 Å². The fourth-order valence-corrected chi connectivity index (χ4v) is 4.35. The Bertz CT molecular complexity index is 721. The van der Waals surface area contributed by atoms with E-state index in [2.05, 4.69) is 21.9 Å². The zero-order valence-corrected chi connectivity index (χ0v) is 16.6. The van der Waals surface area contributed by atoms with Gasteiger partial charge in [-0.2, -0.15) is 0 Å². The summed E-state index contributed by atoms with van der Waals surface area (Å²) >= 11 is 0. The van der Waals surface area contributed by atoms with E-state index in [9.17, 15) is 13.2 Å². The number of nitrogens with zero attached hydrogens (tertiary/aromatic N) is 1. The van der Waals surface area contributed by atoms with Gasteiger partial charge in [0.25, 0.3) is 5.91 Å². The Morgan fingerprint density at radius 1 is 1.38 bits per heavy atom. The first-order valence-electron chi connectivity index (χ1n) is 8.99. The molecule has 2 N–H and O–H groups in total. The normalized spacial score (nSPS) is 18.5. The van der Waals surface area contributed by atoms with Crippen LogP contribution in [0.4, 0.5) is 0 Å². The number of hydrogen-bond donors (Lipinski definition) is 2. The van der Waals surface area contributed by atoms with Gasteiger partial charge in [-0.1, -0.05) is 6.92 Å². The number of methoxy groups -OCH3 is 1. The zero-order valence-electron chi connectivity index (χ0n) is 15.7. The van der Waals surface area contributed by atoms with E-state index in [0.29, 0.717) is 18.2 Å². The molecule has 146 valence electrons. The number of ether oxygens (including phenoxy) is 1. The maximum Gasteiger partial charge on any atom is 0.254 e. The Balaban J connectivity index is 1.95. The summed E-state index contributed by atoms with van der Waals surface area (Å²) in [6.45, 7) is 5.68. The molecule has 1 heterocycles. The van der Waals surface area contributed by atoms with Gasteiger partial charge in [-0.15, -0.1) is 0 Å². The van der Waals surface area contributed by atoms with Crippen molar-refractivity contribution < 1.29 is 17.9 Å². The molecule has 1 aromatic carbocycles. The number of hydrogen-bond acceptors (Lipinski definition) is 5. The summed E-state index contributed by atoms with van der Waals surface area (Å²) in [6, 6.07) is 4.28. The summed E-state index contributed by atoms with van der Waals surface area (Å²) in [4.78, 5) is 14.4. The van der Waals surface area contributed by atoms with Crippen LogP contribution in [0.1, 0.15) is 36.5 Å². The Kier molecular flexibility index (Phi) is 7.43. The van der Waals surface area contributed by atoms with Crippen LogP contribution in [0.25, 0.3) is 0 Å². The minimum absolute atomic E-state index is 0.0588. The first-order valence-corrected chi connectivity index (χ1v) is 10.5. The van der Waals surface area contributed by atoms with Gasteiger partial charge in [-0.25, -0.2) is 13.1 Å². The van der Waals surface area contributed by atoms with Crippen molar-refractivity contribution in [3.05, 3.63) is 23.8 Å². The number of sulfonamides is 1. The van der Waals surface area contributed by atoms with E-state index in [0.717, 1.165) is 26.1 Å². The maximum atomic E-state index is 12.5. The third kappa shape index (κ3) is 5.43. The summed E-state index contributed by atoms with van der Waals surface area (Å²) in [6.07, 6.45) is 3.24. The average Bonchev–Trinajstić information content (AvgIpc) is 2.64. The quantitative estimate of drug-likeness (QED) is 0.664. The second-order valence-corrected chi connectivity index (χ2v) is 8.51. The predicted octanol–water partition coefficient (Wildman–Crippen LogP) is 1.46. The van der Waals surface area contributed by atoms with Gasteiger partial charge in [0.15, 0.2) is 0 Å². The lowest BCUT2D eigenvalue weighted by Gasteiger charge is -2.30. The predicted molar refractivity (Wildman–Crippen MR) is 101 cm³/mol. The molecule has 0 radical (unpaired) electrons. The number of nitrogens with one attached hydrogen (secondary N) is 2. The Hall–Kier alpha value is -1.64. The first kappa shape index (κ1) is 20.7. The molecule has 1 amide bonds. The monoisotopic (exact) mass is 383 g/mol. The summed E-state index contributed by atoms with van der Waals surface area (Å²) in [5.74, 6) is 0.656. The highest BCUT2D eigenvalue weighted by Crippen LogP contribution is 2.22. The van der Waals surface area contributed by atoms with Gasteiger partial charge < -0.3 is 15.0 Å². The smallest absolute Gasteiger partial charge is 0.254 e. The fraction of sp³-hybridized carbons (Fsp3) is 0.611. The minimum atomic E-state index is -3.67. The van der Waals surface area contributed by atoms with Crippen LogP contribution in [0.3, 0.4) is 0 Å². The molecule has 26 heavy (non-hydrogen) atoms. The van der Waals surface area contributed by atoms with Gasteiger partial charge in [0.1, 0.15) is 5.75 Å². The molecular formula is C18H29N3O4S. The fourth-order valence-electron chi connectivity index (χ4n) is 3.25. The molecule has 1 atom stereocenters. The third-order valence-corrected chi connectivity index (χ3v) is 6.10. The Morgan fingerprint density at radius 3 is 2.81 bits per heavy atom. The largest absolute Gasteiger partial charge is 0.496 e. The van der Waals surface area contributed by atoms with Crippen molar-refractivity contribution in [2.24, 2.45) is 5.92 Å². The lowest BCUT2D eigenvalue weighted by Crippen LogP contribution is -2.36. The molecule has 8 heteroatoms. The Labute approximate surface area is 156 Å². The molecule has 0 spiro atoms. The molecule has 1 fully saturated rings. The van der Waals surface area contributed by atoms with Crippen molar-refractivity contribution >= 4 is 15.9 Å². The summed E-state index contributed by atoms with van der Waals surface area (Å²) in [7, 11) is -0.738. The van der Waals surface area contributed by atoms with Crippen LogP contribution in [0.2, 0.25) is 0 Å². The maximum absolute atomic E-state index is 12.5. The van der Waals surface area contributed by atoms with Crippen molar-refractivity contribution in [3.8, 4) is 5.75 Å². The third-order valence-electron chi connectivity index (χ3n) is 4.64. The summed E-state index contributed by atoms with van der Waals surface area (Å²) in [5.41, 5.74) is 0.195. The van der Waals surface area contributed by atoms with Gasteiger partial charge in [0, 0.05) is 20.1 Å². The zero-order chi connectivity index (χ0) is 19.2. The molecule has 7 nitrogen and oxygen atoms in total. The van der Waals surface area contributed by atoms with Gasteiger partial charge in [-0.05, 0) is 56.5 Å². The summed E-state index contributed by atoms with van der Waals surface area (Å²) in [5, 5.41) is 2.49. The molecule has 0 bridgehead atoms. The van der Waals surface area contributed by atoms with E-state index < -0.39 is 15.9 Å². The number of benzene rings is 1. The lowest BCUT2D eigenvalue weighted by atomic mass is 10.0. The van der Waals surface area contributed by atoms with Crippen LogP contribution < -0.4 is 14.8 Å². The lowest BCUT2D eigenvalue weighted by molar-refractivity contribution is 0.0960. The number of carbonyl (C=O) groups is 1. The van der Waals surface area contributed by atoms with E-state index in [1.807, 2.05) is 0 Å². The number of rotatable bonds is 8. The molecule has 0 aromatic heterocycles. The molecule has 2 rings (SSSR count). The van der Waals surface area contributed by atoms with Crippen molar-refractivity contribution in [1.82, 2.24) is 14.9 Å². The number of carbonyl (C=O) groups excluding carboxylic acids is 1. The standard InChI is InChI=1S/C18H29N3O4S/c1-14-6-4-10-21(13-14)11-5-9-20-26(23,24)15-7-8-17(25-3)16(12-15)18(22)19-2/h7-8,12,14,20H,4-6,9-11,13H2,1-3H3,(H,19,22)/t14-/m1/s1. The van der Waals surface area contributed by atoms with Crippen LogP contribution in [0.15, 0.2) is 23.1 Å². The van der Waals surface area contributed by atoms with Crippen molar-refractivity contribution in [1.29, 1.82) is 0 Å². The molecule has 0 saturated carbocycles. The highest BCUT2D eigenvalue weighted by Gasteiger charge is 2.20. The van der Waals surface area contributed by atoms with Crippen LogP contribution in [0, 0.1) is 5.92 Å². The van der Waals surface area contributed by atoms with Gasteiger partial charge in [-0.3, -0.25) is 4.79 Å². The van der Waals surface area contributed by atoms with Crippen LogP contribution in [-0.4, -0.2) is 59.6 Å². The molecule has 1 saturated heterocycles. The molecular weight excluding hydrogens is 354 g/mol. The van der Waals surface area contributed by atoms with Crippen LogP contribution in [-0.2, 0) is 10.0 Å². The minimum Gasteiger partial charge on any atom is -0.496 e. The number of likely N-dealkylation sites (tertiary alicyclic amines) is 1. The van der Waals surface area contributed by atoms with Crippen LogP contribution >= 0.6 is 0 Å². The highest BCUT2D eigenvalue weighted by atomic mass is 32.2. The highest BCUT2D eigenvalue weighted by molar-refractivity contribution is 7.89. The van der Waals surface area contributed by atoms with Gasteiger partial charge in [0.05, 0.1) is 17.6 Å². The van der Waals surface area contributed by atoms with Crippen molar-refractivity contribution in [2.45, 2.75) is 31.1 Å². The first-order chi connectivity index (χ1) is 12.4. The van der Waals surface area contributed by atoms with Crippen LogP contribution in [0.5, 0.6) is 5.75 Å². The number of piperidine rings is 1. The van der Waals surface area contributed by atoms with E-state index in [1.165, 1.54) is 45.2 Å². The number of amides is 1. The molecule has 0 unspecified atom stereocenters. The second kappa shape index (κ2) is 9.34. The summed E-state index contributed by atoms with van der Waals surface area (Å²) < 4.78 is 32.8. The van der Waals surface area contributed by atoms with Crippen molar-refractivity contribution in [3.63, 3.8) is 0 Å². The van der Waals surface area contributed by atoms with E-state index in [1.54, 1.807) is 0 Å². The van der Waals surface area contributed by atoms with E-state index in [-0.39, 0.29) is 10.5 Å². The Morgan fingerprint density at radius 2 is 2.15 bits per heavy atom. The second-order valence-electron chi connectivity index (χ2n) is 6.74. The molecule has 1 aliphatic rings.